The Bertz CT molecular complexity index is 6650. The smallest absolute Gasteiger partial charge is 0.213 e. The molecule has 21 rings (SSSR count). The number of hydrogen-bond acceptors (Lipinski definition) is 4. The molecule has 0 amide bonds. The highest BCUT2D eigenvalue weighted by atomic mass is 19.1. The number of aromatic nitrogens is 8. The van der Waals surface area contributed by atoms with E-state index in [0.29, 0.717) is 0 Å². The molecule has 1 spiro atoms. The van der Waals surface area contributed by atoms with E-state index in [1.54, 1.807) is 0 Å². The van der Waals surface area contributed by atoms with Crippen molar-refractivity contribution in [2.24, 2.45) is 28.2 Å². The van der Waals surface area contributed by atoms with E-state index < -0.39 is 0 Å². The summed E-state index contributed by atoms with van der Waals surface area (Å²) < 4.78 is 22.3. The lowest BCUT2D eigenvalue weighted by atomic mass is 9.78. The Balaban J connectivity index is 0.000000111. The fourth-order valence-electron chi connectivity index (χ4n) is 20.6. The first kappa shape index (κ1) is 80.0. The van der Waals surface area contributed by atoms with Crippen LogP contribution >= 0.6 is 0 Å². The maximum Gasteiger partial charge on any atom is 0.213 e. The van der Waals surface area contributed by atoms with Crippen molar-refractivity contribution in [3.63, 3.8) is 0 Å². The molecule has 0 unspecified atom stereocenters. The first-order valence-electron chi connectivity index (χ1n) is 43.1. The molecule has 122 heavy (non-hydrogen) atoms. The molecular weight excluding hydrogens is 1490 g/mol. The maximum absolute atomic E-state index is 13.4. The van der Waals surface area contributed by atoms with Gasteiger partial charge in [0.25, 0.3) is 0 Å². The van der Waals surface area contributed by atoms with Crippen LogP contribution in [0.15, 0.2) is 292 Å². The second-order valence-corrected chi connectivity index (χ2v) is 36.2. The molecule has 0 radical (unpaired) electrons. The fourth-order valence-corrected chi connectivity index (χ4v) is 20.6. The number of benzene rings is 8. The molecule has 0 aliphatic heterocycles. The van der Waals surface area contributed by atoms with Crippen LogP contribution in [-0.2, 0) is 49.9 Å². The standard InChI is InChI=1S/C29H27N2.C28H26FN2.2C28H27N2/c1-20-17-26-25(23-11-8-15-30-28(23)29(26)13-6-7-14-29)19-24(20)27-18-22(12-16-31(27)2)21-9-4-3-5-10-21;1-17-13-25-23(21-7-6-12-30-27(21)28(25,3)4)15-22(17)26-14-18(2)24(16-31(26)5)19-8-10-20(29)11-9-19;2*1-18-14-25-23(21-12-9-13-29-27(21)28(25,3)4)16-22(18)26-15-19(2)24(17-30(26)5)20-10-7-6-8-11-20/h3-5,8-12,15-19H,6-7,13-14H2,1-2H3;6-16H,1-5H3;2*6-17H,1-5H3/q4*+1. The van der Waals surface area contributed by atoms with Crippen LogP contribution in [0.4, 0.5) is 4.39 Å². The third-order valence-corrected chi connectivity index (χ3v) is 27.2. The van der Waals surface area contributed by atoms with Gasteiger partial charge in [-0.2, -0.15) is 0 Å². The topological polar surface area (TPSA) is 67.1 Å². The van der Waals surface area contributed by atoms with Crippen LogP contribution in [0.2, 0.25) is 0 Å². The van der Waals surface area contributed by atoms with Crippen molar-refractivity contribution in [3.8, 4) is 134 Å². The van der Waals surface area contributed by atoms with Crippen molar-refractivity contribution in [1.29, 1.82) is 0 Å². The van der Waals surface area contributed by atoms with Crippen LogP contribution in [0.5, 0.6) is 0 Å². The zero-order chi connectivity index (χ0) is 85.0. The normalized spacial score (nSPS) is 14.3. The van der Waals surface area contributed by atoms with Crippen molar-refractivity contribution in [3.05, 3.63) is 382 Å². The van der Waals surface area contributed by atoms with Gasteiger partial charge in [0.2, 0.25) is 22.8 Å². The molecule has 1 saturated carbocycles. The summed E-state index contributed by atoms with van der Waals surface area (Å²) >= 11 is 0. The number of nitrogens with zero attached hydrogens (tertiary/aromatic N) is 8. The van der Waals surface area contributed by atoms with Crippen LogP contribution in [-0.4, -0.2) is 19.9 Å². The van der Waals surface area contributed by atoms with E-state index in [4.69, 9.17) is 19.9 Å². The van der Waals surface area contributed by atoms with Gasteiger partial charge >= 0.3 is 0 Å². The SMILES string of the molecule is Cc1cc(-c2cc3c(cc2C)C(C)(C)c2ncccc2-3)[n+](C)cc1-c1ccc(F)cc1.Cc1cc(-c2cc3c(cc2C)C(C)(C)c2ncccc2-3)[n+](C)cc1-c1ccccc1.Cc1cc(-c2cc3c(cc2C)C(C)(C)c2ncccc2-3)[n+](C)cc1-c1ccccc1.Cc1cc2c(cc1-c1cc(-c3ccccc3)cc[n+]1C)-c1cccnc1C21CCCC1. The molecule has 1 fully saturated rings. The summed E-state index contributed by atoms with van der Waals surface area (Å²) in [5.74, 6) is -0.214. The first-order valence-corrected chi connectivity index (χ1v) is 43.1. The third kappa shape index (κ3) is 13.8. The number of rotatable bonds is 8. The zero-order valence-corrected chi connectivity index (χ0v) is 73.5. The van der Waals surface area contributed by atoms with E-state index >= 15 is 0 Å². The number of hydrogen-bond donors (Lipinski definition) is 0. The predicted molar refractivity (Wildman–Crippen MR) is 496 cm³/mol. The van der Waals surface area contributed by atoms with E-state index in [1.165, 1.54) is 239 Å². The Morgan fingerprint density at radius 2 is 0.549 bits per heavy atom. The van der Waals surface area contributed by atoms with Gasteiger partial charge in [0.1, 0.15) is 34.0 Å². The van der Waals surface area contributed by atoms with Gasteiger partial charge in [0, 0.05) is 138 Å². The lowest BCUT2D eigenvalue weighted by Gasteiger charge is -2.25. The highest BCUT2D eigenvalue weighted by Gasteiger charge is 2.47. The summed E-state index contributed by atoms with van der Waals surface area (Å²) in [5, 5.41) is 0. The lowest BCUT2D eigenvalue weighted by Crippen LogP contribution is -2.31. The molecule has 8 heterocycles. The Kier molecular flexibility index (Phi) is 20.4. The summed E-state index contributed by atoms with van der Waals surface area (Å²) in [6, 6.07) is 86.1. The molecule has 0 bridgehead atoms. The maximum atomic E-state index is 13.4. The van der Waals surface area contributed by atoms with E-state index in [2.05, 4.69) is 361 Å². The number of halogens is 1. The largest absolute Gasteiger partial charge is 0.260 e. The van der Waals surface area contributed by atoms with Gasteiger partial charge in [-0.1, -0.05) is 206 Å². The van der Waals surface area contributed by atoms with Gasteiger partial charge in [-0.15, -0.1) is 0 Å². The fraction of sp³-hybridized carbons (Fsp3) is 0.221. The van der Waals surface area contributed by atoms with Crippen molar-refractivity contribution in [2.45, 2.75) is 137 Å². The van der Waals surface area contributed by atoms with Gasteiger partial charge in [-0.25, -0.2) is 22.7 Å². The Morgan fingerprint density at radius 1 is 0.254 bits per heavy atom. The van der Waals surface area contributed by atoms with E-state index in [1.807, 2.05) is 55.1 Å². The van der Waals surface area contributed by atoms with Crippen molar-refractivity contribution in [1.82, 2.24) is 19.9 Å². The average Bonchev–Trinajstić information content (AvgIpc) is 1.56. The quantitative estimate of drug-likeness (QED) is 0.142. The van der Waals surface area contributed by atoms with E-state index in [9.17, 15) is 4.39 Å². The summed E-state index contributed by atoms with van der Waals surface area (Å²) in [5.41, 5.74) is 49.3. The van der Waals surface area contributed by atoms with Gasteiger partial charge in [0.15, 0.2) is 24.8 Å². The second-order valence-electron chi connectivity index (χ2n) is 36.2. The number of aryl methyl sites for hydroxylation is 11. The van der Waals surface area contributed by atoms with Crippen molar-refractivity contribution < 1.29 is 22.7 Å². The molecule has 8 aromatic carbocycles. The third-order valence-electron chi connectivity index (χ3n) is 27.2. The molecule has 8 nitrogen and oxygen atoms in total. The molecule has 602 valence electrons. The summed E-state index contributed by atoms with van der Waals surface area (Å²) in [4.78, 5) is 19.1. The molecule has 0 N–H and O–H groups in total. The highest BCUT2D eigenvalue weighted by molar-refractivity contribution is 5.89. The molecule has 0 saturated heterocycles. The van der Waals surface area contributed by atoms with Gasteiger partial charge in [0.05, 0.1) is 22.8 Å². The number of pyridine rings is 8. The predicted octanol–water partition coefficient (Wildman–Crippen LogP) is 25.0. The summed E-state index contributed by atoms with van der Waals surface area (Å²) in [6.07, 6.45) is 21.5. The molecule has 5 aliphatic carbocycles. The summed E-state index contributed by atoms with van der Waals surface area (Å²) in [7, 11) is 8.51. The Labute approximate surface area is 719 Å². The van der Waals surface area contributed by atoms with Crippen molar-refractivity contribution >= 4 is 0 Å². The van der Waals surface area contributed by atoms with Crippen LogP contribution in [0.25, 0.3) is 134 Å². The van der Waals surface area contributed by atoms with Crippen LogP contribution in [0.1, 0.15) is 151 Å². The monoisotopic (exact) mass is 1590 g/mol. The minimum Gasteiger partial charge on any atom is -0.260 e. The highest BCUT2D eigenvalue weighted by Crippen LogP contribution is 2.58. The second kappa shape index (κ2) is 31.2. The summed E-state index contributed by atoms with van der Waals surface area (Å²) in [6.45, 7) is 29.1. The Hall–Kier alpha value is -13.1. The molecule has 9 heteroatoms. The molecule has 0 atom stereocenters. The van der Waals surface area contributed by atoms with Crippen molar-refractivity contribution in [2.75, 3.05) is 0 Å². The first-order chi connectivity index (χ1) is 58.7. The molecular formula is C113H107FN8+4. The van der Waals surface area contributed by atoms with Crippen LogP contribution in [0.3, 0.4) is 0 Å². The molecule has 16 aromatic rings. The van der Waals surface area contributed by atoms with Crippen LogP contribution in [0, 0.1) is 54.3 Å². The van der Waals surface area contributed by atoms with Crippen LogP contribution < -0.4 is 18.3 Å². The minimum atomic E-state index is -0.214. The van der Waals surface area contributed by atoms with E-state index in [0.717, 1.165) is 16.8 Å². The molecule has 5 aliphatic rings. The zero-order valence-electron chi connectivity index (χ0n) is 73.5. The Morgan fingerprint density at radius 3 is 0.910 bits per heavy atom. The van der Waals surface area contributed by atoms with Gasteiger partial charge < -0.3 is 0 Å². The average molecular weight is 1600 g/mol. The van der Waals surface area contributed by atoms with Gasteiger partial charge in [-0.05, 0) is 233 Å². The van der Waals surface area contributed by atoms with E-state index in [-0.39, 0.29) is 27.5 Å². The number of fused-ring (bicyclic) bond motifs is 14. The van der Waals surface area contributed by atoms with Gasteiger partial charge in [-0.3, -0.25) is 19.9 Å². The lowest BCUT2D eigenvalue weighted by molar-refractivity contribution is -0.660. The minimum absolute atomic E-state index is 0.0650. The molecule has 8 aromatic heterocycles.